The first-order valence-corrected chi connectivity index (χ1v) is 8.86. The molecule has 6 heteroatoms. The summed E-state index contributed by atoms with van der Waals surface area (Å²) in [5.74, 6) is 0.888. The van der Waals surface area contributed by atoms with Crippen LogP contribution in [-0.4, -0.2) is 29.5 Å². The standard InChI is InChI=1S/C20H22N4OS/c1-15-7-9-17(10-8-15)25-12-11-24-14-16(13-22-23-20(26)21-2)18-5-3-4-6-19(18)24/h3-10,13-14H,11-12H2,1-2H3,(H2,21,23,26)/b22-13+. The molecule has 0 saturated carbocycles. The highest BCUT2D eigenvalue weighted by Gasteiger charge is 2.06. The van der Waals surface area contributed by atoms with Gasteiger partial charge >= 0.3 is 0 Å². The second-order valence-electron chi connectivity index (χ2n) is 5.91. The van der Waals surface area contributed by atoms with Crippen LogP contribution in [0.3, 0.4) is 0 Å². The largest absolute Gasteiger partial charge is 0.492 e. The molecule has 3 aromatic rings. The molecule has 3 rings (SSSR count). The average Bonchev–Trinajstić information content (AvgIpc) is 3.01. The molecular weight excluding hydrogens is 344 g/mol. The van der Waals surface area contributed by atoms with Gasteiger partial charge in [-0.05, 0) is 37.3 Å². The maximum Gasteiger partial charge on any atom is 0.186 e. The molecule has 134 valence electrons. The van der Waals surface area contributed by atoms with E-state index in [1.54, 1.807) is 13.3 Å². The second kappa shape index (κ2) is 8.49. The Hall–Kier alpha value is -2.86. The number of aryl methyl sites for hydroxylation is 1. The number of hydrogen-bond donors (Lipinski definition) is 2. The molecule has 1 heterocycles. The van der Waals surface area contributed by atoms with Crippen LogP contribution in [0.1, 0.15) is 11.1 Å². The van der Waals surface area contributed by atoms with Gasteiger partial charge in [0.05, 0.1) is 12.8 Å². The van der Waals surface area contributed by atoms with Crippen molar-refractivity contribution < 1.29 is 4.74 Å². The minimum absolute atomic E-state index is 0.483. The molecule has 5 nitrogen and oxygen atoms in total. The van der Waals surface area contributed by atoms with Gasteiger partial charge in [-0.25, -0.2) is 0 Å². The third-order valence-corrected chi connectivity index (χ3v) is 4.33. The monoisotopic (exact) mass is 366 g/mol. The van der Waals surface area contributed by atoms with Crippen LogP contribution in [0.15, 0.2) is 59.8 Å². The molecular formula is C20H22N4OS. The third kappa shape index (κ3) is 4.40. The Labute approximate surface area is 158 Å². The lowest BCUT2D eigenvalue weighted by Crippen LogP contribution is -2.28. The van der Waals surface area contributed by atoms with Crippen LogP contribution in [0, 0.1) is 6.92 Å². The van der Waals surface area contributed by atoms with Crippen molar-refractivity contribution in [2.45, 2.75) is 13.5 Å². The summed E-state index contributed by atoms with van der Waals surface area (Å²) in [4.78, 5) is 0. The highest BCUT2D eigenvalue weighted by atomic mass is 32.1. The molecule has 0 aliphatic heterocycles. The number of aromatic nitrogens is 1. The van der Waals surface area contributed by atoms with Crippen molar-refractivity contribution in [3.63, 3.8) is 0 Å². The Balaban J connectivity index is 1.71. The lowest BCUT2D eigenvalue weighted by molar-refractivity contribution is 0.300. The van der Waals surface area contributed by atoms with E-state index in [2.05, 4.69) is 57.8 Å². The Morgan fingerprint density at radius 1 is 1.19 bits per heavy atom. The quantitative estimate of drug-likeness (QED) is 0.399. The molecule has 0 atom stereocenters. The molecule has 0 bridgehead atoms. The summed E-state index contributed by atoms with van der Waals surface area (Å²) in [6.45, 7) is 3.42. The summed E-state index contributed by atoms with van der Waals surface area (Å²) >= 11 is 5.03. The van der Waals surface area contributed by atoms with Crippen LogP contribution in [0.4, 0.5) is 0 Å². The maximum atomic E-state index is 5.86. The number of nitrogens with one attached hydrogen (secondary N) is 2. The minimum Gasteiger partial charge on any atom is -0.492 e. The fourth-order valence-corrected chi connectivity index (χ4v) is 2.73. The molecule has 2 N–H and O–H groups in total. The summed E-state index contributed by atoms with van der Waals surface area (Å²) in [6, 6.07) is 16.4. The van der Waals surface area contributed by atoms with Gasteiger partial charge in [0.25, 0.3) is 0 Å². The number of nitrogens with zero attached hydrogens (tertiary/aromatic N) is 2. The molecule has 0 fully saturated rings. The number of thiocarbonyl (C=S) groups is 1. The van der Waals surface area contributed by atoms with Crippen LogP contribution in [0.5, 0.6) is 5.75 Å². The first-order chi connectivity index (χ1) is 12.7. The number of hydrogen-bond acceptors (Lipinski definition) is 3. The van der Waals surface area contributed by atoms with Crippen molar-refractivity contribution in [2.24, 2.45) is 5.10 Å². The van der Waals surface area contributed by atoms with Gasteiger partial charge < -0.3 is 14.6 Å². The van der Waals surface area contributed by atoms with E-state index < -0.39 is 0 Å². The number of hydrazone groups is 1. The lowest BCUT2D eigenvalue weighted by Gasteiger charge is -2.08. The molecule has 0 unspecified atom stereocenters. The van der Waals surface area contributed by atoms with Gasteiger partial charge in [0.15, 0.2) is 5.11 Å². The Morgan fingerprint density at radius 2 is 1.96 bits per heavy atom. The van der Waals surface area contributed by atoms with Crippen molar-refractivity contribution in [1.29, 1.82) is 0 Å². The smallest absolute Gasteiger partial charge is 0.186 e. The molecule has 0 amide bonds. The summed E-state index contributed by atoms with van der Waals surface area (Å²) < 4.78 is 8.04. The summed E-state index contributed by atoms with van der Waals surface area (Å²) in [7, 11) is 1.75. The fraction of sp³-hybridized carbons (Fsp3) is 0.200. The fourth-order valence-electron chi connectivity index (χ4n) is 2.68. The SMILES string of the molecule is CNC(=S)N/N=C/c1cn(CCOc2ccc(C)cc2)c2ccccc12. The third-order valence-electron chi connectivity index (χ3n) is 4.04. The molecule has 0 saturated heterocycles. The normalized spacial score (nSPS) is 11.0. The second-order valence-corrected chi connectivity index (χ2v) is 6.31. The summed E-state index contributed by atoms with van der Waals surface area (Å²) in [5, 5.41) is 8.64. The van der Waals surface area contributed by atoms with Gasteiger partial charge in [-0.2, -0.15) is 5.10 Å². The van der Waals surface area contributed by atoms with E-state index in [0.29, 0.717) is 11.7 Å². The molecule has 0 aliphatic rings. The Kier molecular flexibility index (Phi) is 5.86. The Bertz CT molecular complexity index is 915. The predicted octanol–water partition coefficient (Wildman–Crippen LogP) is 3.46. The van der Waals surface area contributed by atoms with Crippen molar-refractivity contribution in [1.82, 2.24) is 15.3 Å². The zero-order valence-corrected chi connectivity index (χ0v) is 15.7. The van der Waals surface area contributed by atoms with Gasteiger partial charge in [-0.3, -0.25) is 5.43 Å². The molecule has 1 aromatic heterocycles. The highest BCUT2D eigenvalue weighted by molar-refractivity contribution is 7.80. The van der Waals surface area contributed by atoms with Gasteiger partial charge in [0.2, 0.25) is 0 Å². The van der Waals surface area contributed by atoms with E-state index in [1.807, 2.05) is 24.3 Å². The van der Waals surface area contributed by atoms with Crippen LogP contribution >= 0.6 is 12.2 Å². The number of ether oxygens (including phenoxy) is 1. The topological polar surface area (TPSA) is 50.6 Å². The van der Waals surface area contributed by atoms with Crippen molar-refractivity contribution in [3.8, 4) is 5.75 Å². The van der Waals surface area contributed by atoms with Crippen molar-refractivity contribution >= 4 is 34.4 Å². The van der Waals surface area contributed by atoms with Crippen LogP contribution in [-0.2, 0) is 6.54 Å². The Morgan fingerprint density at radius 3 is 2.73 bits per heavy atom. The van der Waals surface area contributed by atoms with E-state index in [4.69, 9.17) is 17.0 Å². The van der Waals surface area contributed by atoms with Crippen LogP contribution < -0.4 is 15.5 Å². The minimum atomic E-state index is 0.483. The number of benzene rings is 2. The van der Waals surface area contributed by atoms with E-state index >= 15 is 0 Å². The van der Waals surface area contributed by atoms with Crippen molar-refractivity contribution in [2.75, 3.05) is 13.7 Å². The van der Waals surface area contributed by atoms with Gasteiger partial charge in [0, 0.05) is 29.7 Å². The van der Waals surface area contributed by atoms with Crippen molar-refractivity contribution in [3.05, 3.63) is 65.9 Å². The zero-order chi connectivity index (χ0) is 18.4. The number of para-hydroxylation sites is 1. The van der Waals surface area contributed by atoms with E-state index in [1.165, 1.54) is 5.56 Å². The van der Waals surface area contributed by atoms with Gasteiger partial charge in [-0.15, -0.1) is 0 Å². The lowest BCUT2D eigenvalue weighted by atomic mass is 10.2. The number of rotatable bonds is 6. The van der Waals surface area contributed by atoms with E-state index in [9.17, 15) is 0 Å². The summed E-state index contributed by atoms with van der Waals surface area (Å²) in [5.41, 5.74) is 6.19. The van der Waals surface area contributed by atoms with Gasteiger partial charge in [0.1, 0.15) is 12.4 Å². The summed E-state index contributed by atoms with van der Waals surface area (Å²) in [6.07, 6.45) is 3.86. The molecule has 0 aliphatic carbocycles. The predicted molar refractivity (Wildman–Crippen MR) is 111 cm³/mol. The average molecular weight is 366 g/mol. The maximum absolute atomic E-state index is 5.86. The molecule has 0 spiro atoms. The van der Waals surface area contributed by atoms with Crippen LogP contribution in [0.2, 0.25) is 0 Å². The van der Waals surface area contributed by atoms with Gasteiger partial charge in [-0.1, -0.05) is 35.9 Å². The highest BCUT2D eigenvalue weighted by Crippen LogP contribution is 2.20. The number of fused-ring (bicyclic) bond motifs is 1. The first kappa shape index (κ1) is 17.9. The first-order valence-electron chi connectivity index (χ1n) is 8.45. The van der Waals surface area contributed by atoms with E-state index in [0.717, 1.165) is 28.8 Å². The van der Waals surface area contributed by atoms with Crippen LogP contribution in [0.25, 0.3) is 10.9 Å². The molecule has 2 aromatic carbocycles. The molecule has 0 radical (unpaired) electrons. The zero-order valence-electron chi connectivity index (χ0n) is 14.9. The van der Waals surface area contributed by atoms with E-state index in [-0.39, 0.29) is 0 Å². The molecule has 26 heavy (non-hydrogen) atoms.